The molecule has 1 unspecified atom stereocenters. The quantitative estimate of drug-likeness (QED) is 0.396. The van der Waals surface area contributed by atoms with Crippen molar-refractivity contribution in [3.8, 4) is 0 Å². The molecule has 30 heavy (non-hydrogen) atoms. The molecule has 1 atom stereocenters. The Morgan fingerprint density at radius 1 is 1.17 bits per heavy atom. The minimum atomic E-state index is -2.89. The lowest BCUT2D eigenvalue weighted by atomic mass is 9.86. The van der Waals surface area contributed by atoms with Crippen LogP contribution in [0.15, 0.2) is 17.2 Å². The summed E-state index contributed by atoms with van der Waals surface area (Å²) in [6.45, 7) is 0.855. The molecule has 0 spiro atoms. The average molecular weight is 441 g/mol. The number of sulfone groups is 1. The molecule has 0 saturated carbocycles. The summed E-state index contributed by atoms with van der Waals surface area (Å²) in [7, 11) is -2.89. The average Bonchev–Trinajstić information content (AvgIpc) is 3.05. The molecule has 0 aliphatic carbocycles. The molecule has 0 bridgehead atoms. The van der Waals surface area contributed by atoms with E-state index in [1.807, 2.05) is 0 Å². The van der Waals surface area contributed by atoms with E-state index in [1.165, 1.54) is 0 Å². The molecule has 0 N–H and O–H groups in total. The number of hydrogen-bond acceptors (Lipinski definition) is 6. The molecule has 9 nitrogen and oxygen atoms in total. The third-order valence-corrected chi connectivity index (χ3v) is 7.87. The number of nitrogens with zero attached hydrogens (tertiary/aromatic N) is 5. The molecule has 3 aliphatic rings. The number of cyclic esters (lactones) is 1. The van der Waals surface area contributed by atoms with Gasteiger partial charge in [0.05, 0.1) is 30.3 Å². The molecule has 3 aliphatic heterocycles. The first kappa shape index (κ1) is 20.7. The Balaban J connectivity index is 1.44. The molecule has 3 heterocycles. The van der Waals surface area contributed by atoms with Gasteiger partial charge >= 0.3 is 6.09 Å². The molecule has 4 rings (SSSR count). The van der Waals surface area contributed by atoms with Gasteiger partial charge in [-0.2, -0.15) is 0 Å². The molecule has 1 amide bonds. The predicted molar refractivity (Wildman–Crippen MR) is 105 cm³/mol. The van der Waals surface area contributed by atoms with Crippen molar-refractivity contribution in [2.45, 2.75) is 18.9 Å². The van der Waals surface area contributed by atoms with Crippen molar-refractivity contribution < 1.29 is 26.7 Å². The molecule has 1 aromatic carbocycles. The third-order valence-electron chi connectivity index (χ3n) is 5.99. The Bertz CT molecular complexity index is 971. The maximum absolute atomic E-state index is 14.8. The highest BCUT2D eigenvalue weighted by Crippen LogP contribution is 2.37. The fraction of sp³-hybridized carbons (Fsp3) is 0.611. The second-order valence-electron chi connectivity index (χ2n) is 7.95. The summed E-state index contributed by atoms with van der Waals surface area (Å²) in [6.07, 6.45) is -0.0646. The molecular weight excluding hydrogens is 420 g/mol. The Kier molecular flexibility index (Phi) is 5.46. The minimum Gasteiger partial charge on any atom is -0.444 e. The highest BCUT2D eigenvalue weighted by Gasteiger charge is 2.40. The van der Waals surface area contributed by atoms with E-state index in [0.717, 1.165) is 17.0 Å². The van der Waals surface area contributed by atoms with E-state index in [1.54, 1.807) is 4.90 Å². The van der Waals surface area contributed by atoms with Gasteiger partial charge in [0.25, 0.3) is 0 Å². The molecule has 3 saturated heterocycles. The van der Waals surface area contributed by atoms with Crippen LogP contribution in [0.3, 0.4) is 0 Å². The van der Waals surface area contributed by atoms with E-state index in [0.29, 0.717) is 25.9 Å². The number of piperidine rings is 1. The number of amides is 1. The van der Waals surface area contributed by atoms with Crippen LogP contribution in [-0.2, 0) is 14.6 Å². The van der Waals surface area contributed by atoms with Crippen LogP contribution in [0, 0.1) is 23.5 Å². The fourth-order valence-electron chi connectivity index (χ4n) is 4.44. The fourth-order valence-corrected chi connectivity index (χ4v) is 6.19. The van der Waals surface area contributed by atoms with Crippen molar-refractivity contribution in [2.75, 3.05) is 47.5 Å². The van der Waals surface area contributed by atoms with E-state index in [9.17, 15) is 22.0 Å². The van der Waals surface area contributed by atoms with Crippen LogP contribution >= 0.6 is 0 Å². The van der Waals surface area contributed by atoms with Crippen LogP contribution in [0.4, 0.5) is 25.0 Å². The number of benzene rings is 1. The SMILES string of the molecule is [N-]=[N+]=NCC1CN(c2cc(F)c(N3CCC(C4CS(=O)(=O)C4)CC3)c(F)c2)C(=O)O1. The van der Waals surface area contributed by atoms with Crippen molar-refractivity contribution in [1.29, 1.82) is 0 Å². The topological polar surface area (TPSA) is 116 Å². The van der Waals surface area contributed by atoms with Gasteiger partial charge in [0, 0.05) is 30.1 Å². The van der Waals surface area contributed by atoms with Crippen LogP contribution in [0.25, 0.3) is 10.4 Å². The lowest BCUT2D eigenvalue weighted by Gasteiger charge is -2.40. The number of azide groups is 1. The lowest BCUT2D eigenvalue weighted by molar-refractivity contribution is 0.145. The number of hydrogen-bond donors (Lipinski definition) is 0. The predicted octanol–water partition coefficient (Wildman–Crippen LogP) is 2.86. The van der Waals surface area contributed by atoms with E-state index in [4.69, 9.17) is 10.3 Å². The first-order chi connectivity index (χ1) is 14.3. The highest BCUT2D eigenvalue weighted by molar-refractivity contribution is 7.92. The Hall–Kier alpha value is -2.59. The summed E-state index contributed by atoms with van der Waals surface area (Å²) in [4.78, 5) is 17.4. The monoisotopic (exact) mass is 441 g/mol. The highest BCUT2D eigenvalue weighted by atomic mass is 32.2. The van der Waals surface area contributed by atoms with Gasteiger partial charge in [0.1, 0.15) is 11.8 Å². The van der Waals surface area contributed by atoms with Gasteiger partial charge in [-0.25, -0.2) is 22.0 Å². The van der Waals surface area contributed by atoms with Crippen molar-refractivity contribution in [3.05, 3.63) is 34.2 Å². The van der Waals surface area contributed by atoms with Crippen molar-refractivity contribution >= 4 is 27.3 Å². The maximum atomic E-state index is 14.8. The van der Waals surface area contributed by atoms with Crippen LogP contribution in [0.1, 0.15) is 12.8 Å². The summed E-state index contributed by atoms with van der Waals surface area (Å²) in [5, 5.41) is 3.35. The van der Waals surface area contributed by atoms with Crippen molar-refractivity contribution in [3.63, 3.8) is 0 Å². The molecule has 162 valence electrons. The first-order valence-corrected chi connectivity index (χ1v) is 11.5. The Morgan fingerprint density at radius 3 is 2.37 bits per heavy atom. The van der Waals surface area contributed by atoms with Gasteiger partial charge in [0.15, 0.2) is 21.5 Å². The number of anilines is 2. The largest absolute Gasteiger partial charge is 0.444 e. The van der Waals surface area contributed by atoms with Crippen molar-refractivity contribution in [2.24, 2.45) is 17.0 Å². The second-order valence-corrected chi connectivity index (χ2v) is 10.1. The number of carbonyl (C=O) groups excluding carboxylic acids is 1. The summed E-state index contributed by atoms with van der Waals surface area (Å²) in [6, 6.07) is 2.19. The summed E-state index contributed by atoms with van der Waals surface area (Å²) in [5.74, 6) is -0.734. The molecule has 3 fully saturated rings. The number of rotatable bonds is 5. The van der Waals surface area contributed by atoms with E-state index in [-0.39, 0.29) is 47.8 Å². The number of halogens is 2. The number of ether oxygens (including phenoxy) is 1. The molecule has 0 aromatic heterocycles. The van der Waals surface area contributed by atoms with Gasteiger partial charge in [0.2, 0.25) is 0 Å². The second kappa shape index (κ2) is 7.92. The van der Waals surface area contributed by atoms with Gasteiger partial charge in [-0.15, -0.1) is 0 Å². The Morgan fingerprint density at radius 2 is 1.80 bits per heavy atom. The zero-order chi connectivity index (χ0) is 21.5. The van der Waals surface area contributed by atoms with Crippen LogP contribution in [0.2, 0.25) is 0 Å². The molecule has 12 heteroatoms. The maximum Gasteiger partial charge on any atom is 0.414 e. The minimum absolute atomic E-state index is 0.0335. The molecule has 0 radical (unpaired) electrons. The van der Waals surface area contributed by atoms with E-state index >= 15 is 0 Å². The zero-order valence-corrected chi connectivity index (χ0v) is 16.9. The molecule has 1 aromatic rings. The smallest absolute Gasteiger partial charge is 0.414 e. The lowest BCUT2D eigenvalue weighted by Crippen LogP contribution is -2.46. The van der Waals surface area contributed by atoms with Crippen molar-refractivity contribution in [1.82, 2.24) is 0 Å². The standard InChI is InChI=1S/C18H21F2N5O4S/c19-15-5-13(25-8-14(7-22-23-21)29-18(25)26)6-16(20)17(15)24-3-1-11(2-4-24)12-9-30(27,28)10-12/h5-6,11-12,14H,1-4,7-10H2. The van der Waals surface area contributed by atoms with Crippen LogP contribution < -0.4 is 9.80 Å². The number of carbonyl (C=O) groups is 1. The molecular formula is C18H21F2N5O4S. The van der Waals surface area contributed by atoms with Gasteiger partial charge in [-0.1, -0.05) is 5.11 Å². The normalized spacial score (nSPS) is 24.3. The van der Waals surface area contributed by atoms with E-state index in [2.05, 4.69) is 10.0 Å². The Labute approximate surface area is 172 Å². The summed E-state index contributed by atoms with van der Waals surface area (Å²) >= 11 is 0. The van der Waals surface area contributed by atoms with Gasteiger partial charge in [-0.05, 0) is 30.2 Å². The van der Waals surface area contributed by atoms with Gasteiger partial charge in [-0.3, -0.25) is 4.90 Å². The first-order valence-electron chi connectivity index (χ1n) is 9.71. The van der Waals surface area contributed by atoms with Crippen LogP contribution in [0.5, 0.6) is 0 Å². The summed E-state index contributed by atoms with van der Waals surface area (Å²) in [5.41, 5.74) is 8.26. The van der Waals surface area contributed by atoms with Crippen LogP contribution in [-0.4, -0.2) is 58.3 Å². The van der Waals surface area contributed by atoms with Gasteiger partial charge < -0.3 is 9.64 Å². The third kappa shape index (κ3) is 4.01. The van der Waals surface area contributed by atoms with E-state index < -0.39 is 33.7 Å². The summed E-state index contributed by atoms with van der Waals surface area (Å²) < 4.78 is 57.4. The zero-order valence-electron chi connectivity index (χ0n) is 16.1.